The van der Waals surface area contributed by atoms with Crippen molar-refractivity contribution in [2.45, 2.75) is 388 Å². The summed E-state index contributed by atoms with van der Waals surface area (Å²) in [7, 11) is -9.91. The van der Waals surface area contributed by atoms with Gasteiger partial charge in [-0.25, -0.2) is 9.13 Å². The van der Waals surface area contributed by atoms with Crippen LogP contribution < -0.4 is 0 Å². The van der Waals surface area contributed by atoms with Crippen molar-refractivity contribution in [3.63, 3.8) is 0 Å². The Morgan fingerprint density at radius 1 is 0.301 bits per heavy atom. The lowest BCUT2D eigenvalue weighted by atomic mass is 9.99. The van der Waals surface area contributed by atoms with Gasteiger partial charge in [-0.3, -0.25) is 37.3 Å². The van der Waals surface area contributed by atoms with Crippen LogP contribution in [0.3, 0.4) is 0 Å². The molecule has 0 aromatic heterocycles. The molecule has 0 radical (unpaired) electrons. The third kappa shape index (κ3) is 65.8. The van der Waals surface area contributed by atoms with Gasteiger partial charge in [-0.2, -0.15) is 0 Å². The second-order valence-corrected chi connectivity index (χ2v) is 31.0. The number of carbonyl (C=O) groups excluding carboxylic acids is 4. The van der Waals surface area contributed by atoms with Gasteiger partial charge in [0.15, 0.2) is 12.2 Å². The number of phosphoric acid groups is 2. The molecule has 0 aliphatic heterocycles. The highest BCUT2D eigenvalue weighted by Gasteiger charge is 2.30. The average molecular weight is 1370 g/mol. The molecule has 0 aliphatic carbocycles. The van der Waals surface area contributed by atoms with Gasteiger partial charge in [0, 0.05) is 25.7 Å². The van der Waals surface area contributed by atoms with E-state index < -0.39 is 97.5 Å². The summed E-state index contributed by atoms with van der Waals surface area (Å²) in [5, 5.41) is 10.6. The second kappa shape index (κ2) is 63.5. The summed E-state index contributed by atoms with van der Waals surface area (Å²) in [5.41, 5.74) is 0. The van der Waals surface area contributed by atoms with Gasteiger partial charge in [-0.15, -0.1) is 0 Å². The zero-order valence-corrected chi connectivity index (χ0v) is 62.7. The topological polar surface area (TPSA) is 237 Å². The third-order valence-corrected chi connectivity index (χ3v) is 19.7. The van der Waals surface area contributed by atoms with Crippen molar-refractivity contribution in [3.05, 3.63) is 0 Å². The minimum atomic E-state index is -4.96. The number of hydrogen-bond donors (Lipinski definition) is 3. The van der Waals surface area contributed by atoms with E-state index in [1.165, 1.54) is 167 Å². The van der Waals surface area contributed by atoms with Gasteiger partial charge in [0.25, 0.3) is 0 Å². The fraction of sp³-hybridized carbons (Fsp3) is 0.946. The molecule has 7 atom stereocenters. The number of ether oxygens (including phenoxy) is 4. The van der Waals surface area contributed by atoms with E-state index in [4.69, 9.17) is 37.0 Å². The maximum Gasteiger partial charge on any atom is 0.472 e. The fourth-order valence-corrected chi connectivity index (χ4v) is 12.7. The van der Waals surface area contributed by atoms with Crippen LogP contribution in [-0.4, -0.2) is 96.7 Å². The lowest BCUT2D eigenvalue weighted by Crippen LogP contribution is -2.30. The molecule has 0 aromatic carbocycles. The van der Waals surface area contributed by atoms with Crippen LogP contribution in [-0.2, 0) is 65.4 Å². The highest BCUT2D eigenvalue weighted by Crippen LogP contribution is 2.45. The highest BCUT2D eigenvalue weighted by molar-refractivity contribution is 7.47. The Labute approximate surface area is 568 Å². The number of hydrogen-bond acceptors (Lipinski definition) is 15. The summed E-state index contributed by atoms with van der Waals surface area (Å²) >= 11 is 0. The number of unbranched alkanes of at least 4 members (excludes halogenated alkanes) is 35. The summed E-state index contributed by atoms with van der Waals surface area (Å²) in [6, 6.07) is 0. The van der Waals surface area contributed by atoms with Gasteiger partial charge in [-0.05, 0) is 49.4 Å². The smallest absolute Gasteiger partial charge is 0.462 e. The Morgan fingerprint density at radius 2 is 0.516 bits per heavy atom. The quantitative estimate of drug-likeness (QED) is 0.0222. The van der Waals surface area contributed by atoms with E-state index in [9.17, 15) is 43.2 Å². The van der Waals surface area contributed by atoms with E-state index in [1.54, 1.807) is 0 Å². The van der Waals surface area contributed by atoms with Gasteiger partial charge in [0.05, 0.1) is 26.4 Å². The van der Waals surface area contributed by atoms with Crippen molar-refractivity contribution in [1.29, 1.82) is 0 Å². The fourth-order valence-electron chi connectivity index (χ4n) is 11.1. The summed E-state index contributed by atoms with van der Waals surface area (Å²) in [4.78, 5) is 72.7. The zero-order valence-electron chi connectivity index (χ0n) is 60.9. The van der Waals surface area contributed by atoms with E-state index in [0.717, 1.165) is 120 Å². The highest BCUT2D eigenvalue weighted by atomic mass is 31.2. The van der Waals surface area contributed by atoms with Crippen molar-refractivity contribution >= 4 is 39.5 Å². The summed E-state index contributed by atoms with van der Waals surface area (Å²) in [6.07, 6.45) is 47.1. The first-order valence-corrected chi connectivity index (χ1v) is 41.3. The lowest BCUT2D eigenvalue weighted by Gasteiger charge is -2.21. The zero-order chi connectivity index (χ0) is 68.9. The molecule has 0 amide bonds. The molecule has 0 rings (SSSR count). The molecule has 0 saturated carbocycles. The molecular weight excluding hydrogens is 1220 g/mol. The van der Waals surface area contributed by atoms with Crippen molar-refractivity contribution in [3.8, 4) is 0 Å². The van der Waals surface area contributed by atoms with Crippen LogP contribution in [0, 0.1) is 23.7 Å². The molecule has 0 saturated heterocycles. The molecule has 0 fully saturated rings. The number of aliphatic hydroxyl groups is 1. The van der Waals surface area contributed by atoms with Crippen LogP contribution in [0.25, 0.3) is 0 Å². The van der Waals surface area contributed by atoms with Gasteiger partial charge in [-0.1, -0.05) is 319 Å². The van der Waals surface area contributed by atoms with Gasteiger partial charge < -0.3 is 33.8 Å². The number of rotatable bonds is 71. The number of carbonyl (C=O) groups is 4. The van der Waals surface area contributed by atoms with Gasteiger partial charge in [0.1, 0.15) is 19.3 Å². The molecule has 0 heterocycles. The molecule has 3 N–H and O–H groups in total. The van der Waals surface area contributed by atoms with Crippen molar-refractivity contribution in [2.75, 3.05) is 39.6 Å². The number of esters is 4. The van der Waals surface area contributed by atoms with Crippen LogP contribution in [0.5, 0.6) is 0 Å². The molecule has 93 heavy (non-hydrogen) atoms. The first-order valence-electron chi connectivity index (χ1n) is 38.3. The van der Waals surface area contributed by atoms with Crippen molar-refractivity contribution in [1.82, 2.24) is 0 Å². The lowest BCUT2D eigenvalue weighted by molar-refractivity contribution is -0.161. The number of aliphatic hydroxyl groups excluding tert-OH is 1. The first-order chi connectivity index (χ1) is 44.7. The molecule has 0 aromatic rings. The molecule has 19 heteroatoms. The largest absolute Gasteiger partial charge is 0.472 e. The Morgan fingerprint density at radius 3 is 0.763 bits per heavy atom. The average Bonchev–Trinajstić information content (AvgIpc) is 1.49. The Hall–Kier alpha value is -1.94. The van der Waals surface area contributed by atoms with E-state index in [1.807, 2.05) is 0 Å². The molecule has 0 bridgehead atoms. The molecule has 0 aliphatic rings. The molecular formula is C74H144O17P2. The first kappa shape index (κ1) is 91.1. The minimum absolute atomic E-state index is 0.105. The van der Waals surface area contributed by atoms with Gasteiger partial charge in [0.2, 0.25) is 0 Å². The van der Waals surface area contributed by atoms with E-state index in [0.29, 0.717) is 25.7 Å². The Bertz CT molecular complexity index is 1840. The number of phosphoric ester groups is 2. The predicted molar refractivity (Wildman–Crippen MR) is 377 cm³/mol. The van der Waals surface area contributed by atoms with Crippen LogP contribution in [0.2, 0.25) is 0 Å². The van der Waals surface area contributed by atoms with Crippen LogP contribution in [0.15, 0.2) is 0 Å². The van der Waals surface area contributed by atoms with Crippen LogP contribution in [0.4, 0.5) is 0 Å². The van der Waals surface area contributed by atoms with Gasteiger partial charge >= 0.3 is 39.5 Å². The van der Waals surface area contributed by atoms with Crippen molar-refractivity contribution < 1.29 is 80.2 Å². The maximum atomic E-state index is 13.1. The summed E-state index contributed by atoms with van der Waals surface area (Å²) < 4.78 is 68.5. The van der Waals surface area contributed by atoms with Crippen LogP contribution in [0.1, 0.15) is 370 Å². The Kier molecular flexibility index (Phi) is 62.2. The van der Waals surface area contributed by atoms with E-state index in [-0.39, 0.29) is 25.7 Å². The predicted octanol–water partition coefficient (Wildman–Crippen LogP) is 21.3. The molecule has 552 valence electrons. The maximum absolute atomic E-state index is 13.1. The molecule has 17 nitrogen and oxygen atoms in total. The van der Waals surface area contributed by atoms with E-state index in [2.05, 4.69) is 55.4 Å². The third-order valence-electron chi connectivity index (χ3n) is 17.8. The van der Waals surface area contributed by atoms with Crippen molar-refractivity contribution in [2.24, 2.45) is 23.7 Å². The Balaban J connectivity index is 5.27. The monoisotopic (exact) mass is 1370 g/mol. The standard InChI is InChI=1S/C74H144O17P2/c1-9-66(7)52-44-36-28-22-18-19-25-31-41-49-57-74(79)90-69(60-84-71(76)54-46-38-29-23-17-13-15-21-27-35-43-51-65(5)6)62-88-92(80,81)86-58-68(75)59-87-93(82,83)89-63-70(61-85-72(77)55-47-39-33-32-37-45-53-67(8)10-2)91-73(78)56-48-40-30-24-16-12-11-14-20-26-34-42-50-64(3)4/h64-70,75H,9-63H2,1-8H3,(H,80,81)(H,82,83)/t66?,67?,68-,69-,70-/m1/s1. The SMILES string of the molecule is CCC(C)CCCCCCCCCCCCC(=O)O[C@H](COC(=O)CCCCCCCCCCCCCC(C)C)COP(=O)(O)OC[C@@H](O)COP(=O)(O)OC[C@@H](COC(=O)CCCCCCCCC(C)CC)OC(=O)CCCCCCCCCCCCCCC(C)C. The molecule has 4 unspecified atom stereocenters. The minimum Gasteiger partial charge on any atom is -0.462 e. The summed E-state index contributed by atoms with van der Waals surface area (Å²) in [6.45, 7) is 14.2. The van der Waals surface area contributed by atoms with E-state index >= 15 is 0 Å². The molecule has 0 spiro atoms. The van der Waals surface area contributed by atoms with Crippen LogP contribution >= 0.6 is 15.6 Å². The summed E-state index contributed by atoms with van der Waals surface area (Å²) in [5.74, 6) is 0.958. The normalized spacial score (nSPS) is 14.8. The second-order valence-electron chi connectivity index (χ2n) is 28.1.